The molecule has 4 heterocycles. The Morgan fingerprint density at radius 2 is 1.73 bits per heavy atom. The minimum Gasteiger partial charge on any atom is -0.471 e. The Labute approximate surface area is 160 Å². The van der Waals surface area contributed by atoms with Crippen LogP contribution in [0.2, 0.25) is 0 Å². The number of benzene rings is 2. The Bertz CT molecular complexity index is 978. The van der Waals surface area contributed by atoms with Crippen molar-refractivity contribution in [3.8, 4) is 5.75 Å². The lowest BCUT2D eigenvalue weighted by atomic mass is 9.80. The van der Waals surface area contributed by atoms with Crippen LogP contribution in [0.15, 0.2) is 53.6 Å². The van der Waals surface area contributed by atoms with Gasteiger partial charge in [-0.2, -0.15) is 0 Å². The van der Waals surface area contributed by atoms with E-state index in [1.165, 1.54) is 40.3 Å². The molecular weight excluding hydrogens is 344 g/mol. The van der Waals surface area contributed by atoms with Crippen LogP contribution in [-0.2, 0) is 0 Å². The number of nitrogens with one attached hydrogen (secondary N) is 1. The summed E-state index contributed by atoms with van der Waals surface area (Å²) >= 11 is 0. The number of halogens is 1. The molecule has 2 aromatic carbocycles. The van der Waals surface area contributed by atoms with Gasteiger partial charge in [0.05, 0.1) is 5.52 Å². The van der Waals surface area contributed by atoms with E-state index in [1.807, 2.05) is 0 Å². The van der Waals surface area contributed by atoms with Gasteiger partial charge in [0.25, 0.3) is 0 Å². The molecule has 0 radical (unpaired) electrons. The first kappa shape index (κ1) is 17.4. The molecule has 136 valence electrons. The monoisotopic (exact) mass is 368 g/mol. The van der Waals surface area contributed by atoms with Crippen molar-refractivity contribution in [3.63, 3.8) is 0 Å². The molecule has 3 aliphatic rings. The maximum atomic E-state index is 6.52. The van der Waals surface area contributed by atoms with E-state index in [0.717, 1.165) is 24.4 Å². The second-order valence-corrected chi connectivity index (χ2v) is 7.61. The zero-order chi connectivity index (χ0) is 17.0. The SMILES string of the molecule is CC(C)=C1C2CCN(CC2)C1Oc1ccc2c(c1)[nH]c1ccccc12.Cl. The number of ether oxygens (including phenoxy) is 1. The largest absolute Gasteiger partial charge is 0.471 e. The highest BCUT2D eigenvalue weighted by Crippen LogP contribution is 2.39. The van der Waals surface area contributed by atoms with Gasteiger partial charge in [0.1, 0.15) is 5.75 Å². The van der Waals surface area contributed by atoms with Crippen LogP contribution in [0.5, 0.6) is 5.75 Å². The number of piperidine rings is 3. The molecule has 2 bridgehead atoms. The van der Waals surface area contributed by atoms with Gasteiger partial charge in [-0.25, -0.2) is 0 Å². The zero-order valence-corrected chi connectivity index (χ0v) is 16.1. The molecule has 1 aromatic heterocycles. The predicted molar refractivity (Wildman–Crippen MR) is 110 cm³/mol. The van der Waals surface area contributed by atoms with Crippen molar-refractivity contribution >= 4 is 34.2 Å². The zero-order valence-electron chi connectivity index (χ0n) is 15.3. The van der Waals surface area contributed by atoms with E-state index in [-0.39, 0.29) is 18.6 Å². The molecule has 3 nitrogen and oxygen atoms in total. The lowest BCUT2D eigenvalue weighted by Gasteiger charge is -2.47. The van der Waals surface area contributed by atoms with E-state index >= 15 is 0 Å². The minimum atomic E-state index is 0. The maximum absolute atomic E-state index is 6.52. The van der Waals surface area contributed by atoms with Gasteiger partial charge in [-0.1, -0.05) is 23.8 Å². The summed E-state index contributed by atoms with van der Waals surface area (Å²) in [5.74, 6) is 1.66. The topological polar surface area (TPSA) is 28.3 Å². The third-order valence-electron chi connectivity index (χ3n) is 5.87. The van der Waals surface area contributed by atoms with Crippen molar-refractivity contribution < 1.29 is 4.74 Å². The molecule has 3 aromatic rings. The molecule has 0 spiro atoms. The van der Waals surface area contributed by atoms with Gasteiger partial charge in [-0.3, -0.25) is 4.90 Å². The molecule has 26 heavy (non-hydrogen) atoms. The fourth-order valence-electron chi connectivity index (χ4n) is 4.67. The second kappa shape index (κ2) is 6.64. The summed E-state index contributed by atoms with van der Waals surface area (Å²) in [4.78, 5) is 6.02. The number of aromatic amines is 1. The van der Waals surface area contributed by atoms with Gasteiger partial charge in [0.15, 0.2) is 6.23 Å². The molecule has 1 unspecified atom stereocenters. The van der Waals surface area contributed by atoms with E-state index in [0.29, 0.717) is 5.92 Å². The first-order chi connectivity index (χ1) is 12.2. The summed E-state index contributed by atoms with van der Waals surface area (Å²) in [7, 11) is 0. The standard InChI is InChI=1S/C22H24N2O.ClH/c1-14(2)21-15-9-11-24(12-10-15)22(21)25-16-7-8-18-17-5-3-4-6-19(17)23-20(18)13-16;/h3-8,13,15,22-23H,9-12H2,1-2H3;1H. The number of aromatic nitrogens is 1. The van der Waals surface area contributed by atoms with E-state index in [1.54, 1.807) is 0 Å². The molecule has 3 saturated heterocycles. The predicted octanol–water partition coefficient (Wildman–Crippen LogP) is 5.51. The number of hydrogen-bond acceptors (Lipinski definition) is 2. The van der Waals surface area contributed by atoms with Crippen LogP contribution < -0.4 is 4.74 Å². The number of allylic oxidation sites excluding steroid dienone is 1. The highest BCUT2D eigenvalue weighted by molar-refractivity contribution is 6.07. The fraction of sp³-hybridized carbons (Fsp3) is 0.364. The highest BCUT2D eigenvalue weighted by atomic mass is 35.5. The van der Waals surface area contributed by atoms with Gasteiger partial charge in [-0.15, -0.1) is 12.4 Å². The Morgan fingerprint density at radius 1 is 1.00 bits per heavy atom. The molecule has 3 fully saturated rings. The van der Waals surface area contributed by atoms with Crippen LogP contribution in [0.4, 0.5) is 0 Å². The van der Waals surface area contributed by atoms with E-state index in [4.69, 9.17) is 4.74 Å². The molecule has 3 aliphatic heterocycles. The van der Waals surface area contributed by atoms with Crippen LogP contribution in [0.3, 0.4) is 0 Å². The fourth-order valence-corrected chi connectivity index (χ4v) is 4.67. The molecule has 1 atom stereocenters. The molecule has 6 rings (SSSR count). The van der Waals surface area contributed by atoms with Crippen LogP contribution in [0.25, 0.3) is 21.8 Å². The maximum Gasteiger partial charge on any atom is 0.175 e. The Balaban J connectivity index is 0.00000168. The van der Waals surface area contributed by atoms with E-state index in [9.17, 15) is 0 Å². The summed E-state index contributed by atoms with van der Waals surface area (Å²) in [6, 6.07) is 14.9. The number of rotatable bonds is 2. The van der Waals surface area contributed by atoms with Gasteiger partial charge in [0.2, 0.25) is 0 Å². The van der Waals surface area contributed by atoms with Gasteiger partial charge >= 0.3 is 0 Å². The van der Waals surface area contributed by atoms with Crippen molar-refractivity contribution in [1.29, 1.82) is 0 Å². The summed E-state index contributed by atoms with van der Waals surface area (Å²) in [6.07, 6.45) is 2.67. The van der Waals surface area contributed by atoms with Crippen LogP contribution in [0.1, 0.15) is 26.7 Å². The molecule has 0 amide bonds. The van der Waals surface area contributed by atoms with Crippen LogP contribution in [0, 0.1) is 5.92 Å². The van der Waals surface area contributed by atoms with E-state index in [2.05, 4.69) is 66.2 Å². The van der Waals surface area contributed by atoms with Crippen LogP contribution >= 0.6 is 12.4 Å². The Morgan fingerprint density at radius 3 is 2.50 bits per heavy atom. The second-order valence-electron chi connectivity index (χ2n) is 7.61. The number of H-pyrrole nitrogens is 1. The lowest BCUT2D eigenvalue weighted by Crippen LogP contribution is -2.53. The van der Waals surface area contributed by atoms with E-state index < -0.39 is 0 Å². The first-order valence-corrected chi connectivity index (χ1v) is 9.29. The summed E-state index contributed by atoms with van der Waals surface area (Å²) < 4.78 is 6.52. The smallest absolute Gasteiger partial charge is 0.175 e. The first-order valence-electron chi connectivity index (χ1n) is 9.29. The van der Waals surface area contributed by atoms with Gasteiger partial charge in [-0.05, 0) is 56.4 Å². The van der Waals surface area contributed by atoms with Crippen LogP contribution in [-0.4, -0.2) is 29.2 Å². The third kappa shape index (κ3) is 2.70. The van der Waals surface area contributed by atoms with Crippen molar-refractivity contribution in [2.75, 3.05) is 13.1 Å². The van der Waals surface area contributed by atoms with Crippen molar-refractivity contribution in [2.45, 2.75) is 32.9 Å². The third-order valence-corrected chi connectivity index (χ3v) is 5.87. The average molecular weight is 369 g/mol. The average Bonchev–Trinajstić information content (AvgIpc) is 3.00. The number of fused-ring (bicyclic) bond motifs is 6. The Hall–Kier alpha value is -1.97. The molecule has 0 saturated carbocycles. The molecule has 4 heteroatoms. The number of hydrogen-bond donors (Lipinski definition) is 1. The summed E-state index contributed by atoms with van der Waals surface area (Å²) in [6.45, 7) is 6.77. The normalized spacial score (nSPS) is 24.7. The highest BCUT2D eigenvalue weighted by Gasteiger charge is 2.39. The molecule has 0 aliphatic carbocycles. The summed E-state index contributed by atoms with van der Waals surface area (Å²) in [5.41, 5.74) is 5.26. The van der Waals surface area contributed by atoms with Gasteiger partial charge in [0, 0.05) is 35.4 Å². The number of para-hydroxylation sites is 1. The number of nitrogens with zero attached hydrogens (tertiary/aromatic N) is 1. The van der Waals surface area contributed by atoms with Crippen molar-refractivity contribution in [3.05, 3.63) is 53.6 Å². The quantitative estimate of drug-likeness (QED) is 0.604. The summed E-state index contributed by atoms with van der Waals surface area (Å²) in [5, 5.41) is 2.53. The lowest BCUT2D eigenvalue weighted by molar-refractivity contribution is -0.0143. The molecular formula is C22H25ClN2O. The molecule has 1 N–H and O–H groups in total. The van der Waals surface area contributed by atoms with Crippen molar-refractivity contribution in [1.82, 2.24) is 9.88 Å². The minimum absolute atomic E-state index is 0. The Kier molecular flexibility index (Phi) is 4.45. The van der Waals surface area contributed by atoms with Gasteiger partial charge < -0.3 is 9.72 Å². The van der Waals surface area contributed by atoms with Crippen molar-refractivity contribution in [2.24, 2.45) is 5.92 Å².